The Balaban J connectivity index is 1.95. The number of fused-ring (bicyclic) bond motifs is 1. The van der Waals surface area contributed by atoms with E-state index in [1.807, 2.05) is 27.7 Å². The molecular weight excluding hydrogens is 396 g/mol. The highest BCUT2D eigenvalue weighted by molar-refractivity contribution is 6.19. The van der Waals surface area contributed by atoms with E-state index in [0.717, 1.165) is 18.4 Å². The van der Waals surface area contributed by atoms with Crippen LogP contribution in [0.25, 0.3) is 0 Å². The highest BCUT2D eigenvalue weighted by Crippen LogP contribution is 2.64. The maximum absolute atomic E-state index is 13.9. The molecule has 32 heavy (non-hydrogen) atoms. The summed E-state index contributed by atoms with van der Waals surface area (Å²) in [5.74, 6) is 2.13. The van der Waals surface area contributed by atoms with Crippen molar-refractivity contribution in [1.29, 1.82) is 0 Å². The summed E-state index contributed by atoms with van der Waals surface area (Å²) in [6, 6.07) is 0. The molecule has 3 heteroatoms. The lowest BCUT2D eigenvalue weighted by Gasteiger charge is -2.60. The third-order valence-electron chi connectivity index (χ3n) is 9.81. The fourth-order valence-corrected chi connectivity index (χ4v) is 8.06. The molecule has 0 aromatic rings. The van der Waals surface area contributed by atoms with Crippen molar-refractivity contribution in [3.05, 3.63) is 23.5 Å². The highest BCUT2D eigenvalue weighted by Gasteiger charge is 2.64. The fourth-order valence-electron chi connectivity index (χ4n) is 8.06. The second-order valence-corrected chi connectivity index (χ2v) is 13.5. The Bertz CT molecular complexity index is 899. The Kier molecular flexibility index (Phi) is 5.24. The van der Waals surface area contributed by atoms with Crippen LogP contribution in [0, 0.1) is 45.8 Å². The molecule has 178 valence electrons. The maximum atomic E-state index is 13.9. The topological polar surface area (TPSA) is 43.4 Å². The van der Waals surface area contributed by atoms with Gasteiger partial charge in [0.1, 0.15) is 11.4 Å². The summed E-state index contributed by atoms with van der Waals surface area (Å²) in [5.41, 5.74) is 0.256. The van der Waals surface area contributed by atoms with Gasteiger partial charge in [0.15, 0.2) is 11.6 Å². The zero-order chi connectivity index (χ0) is 24.0. The molecule has 5 atom stereocenters. The number of carbonyl (C=O) groups excluding carboxylic acids is 2. The van der Waals surface area contributed by atoms with Crippen LogP contribution in [0.5, 0.6) is 0 Å². The lowest BCUT2D eigenvalue weighted by Crippen LogP contribution is -2.61. The van der Waals surface area contributed by atoms with Crippen LogP contribution < -0.4 is 0 Å². The summed E-state index contributed by atoms with van der Waals surface area (Å²) in [5, 5.41) is 0. The Labute approximate surface area is 195 Å². The molecule has 0 amide bonds. The third kappa shape index (κ3) is 3.05. The van der Waals surface area contributed by atoms with Gasteiger partial charge in [0.25, 0.3) is 0 Å². The molecule has 1 aliphatic heterocycles. The predicted octanol–water partition coefficient (Wildman–Crippen LogP) is 6.91. The van der Waals surface area contributed by atoms with E-state index in [9.17, 15) is 9.59 Å². The molecule has 0 bridgehead atoms. The first kappa shape index (κ1) is 23.8. The monoisotopic (exact) mass is 440 g/mol. The van der Waals surface area contributed by atoms with Gasteiger partial charge >= 0.3 is 0 Å². The molecule has 3 nitrogen and oxygen atoms in total. The fraction of sp³-hybridized carbons (Fsp3) is 0.793. The van der Waals surface area contributed by atoms with Crippen LogP contribution in [-0.2, 0) is 14.3 Å². The second-order valence-electron chi connectivity index (χ2n) is 13.5. The van der Waals surface area contributed by atoms with Crippen LogP contribution >= 0.6 is 0 Å². The van der Waals surface area contributed by atoms with Crippen molar-refractivity contribution in [3.8, 4) is 0 Å². The van der Waals surface area contributed by atoms with Gasteiger partial charge in [-0.15, -0.1) is 0 Å². The smallest absolute Gasteiger partial charge is 0.175 e. The van der Waals surface area contributed by atoms with Crippen LogP contribution in [0.15, 0.2) is 23.5 Å². The first-order chi connectivity index (χ1) is 14.6. The molecule has 0 radical (unpaired) electrons. The standard InChI is InChI=1S/C29H44O3/c1-16(2)19-21-23(30)27(6,7)25(31)28(8,9)24(21)32-29(10)15-13-17(3)20(22(19)29)18-12-11-14-26(18,4)5/h16,18-20,22H,3,11-15H2,1-2,4-10H3/t18-,19-,20-,22-,29+/m1/s1. The number of hydrogen-bond acceptors (Lipinski definition) is 3. The number of ketones is 2. The molecular formula is C29H44O3. The number of hydrogen-bond donors (Lipinski definition) is 0. The zero-order valence-corrected chi connectivity index (χ0v) is 21.9. The van der Waals surface area contributed by atoms with E-state index in [1.54, 1.807) is 0 Å². The first-order valence-corrected chi connectivity index (χ1v) is 12.8. The van der Waals surface area contributed by atoms with Crippen molar-refractivity contribution < 1.29 is 14.3 Å². The third-order valence-corrected chi connectivity index (χ3v) is 9.81. The summed E-state index contributed by atoms with van der Waals surface area (Å²) in [6.45, 7) is 23.7. The van der Waals surface area contributed by atoms with Gasteiger partial charge in [-0.2, -0.15) is 0 Å². The lowest BCUT2D eigenvalue weighted by molar-refractivity contribution is -0.165. The maximum Gasteiger partial charge on any atom is 0.175 e. The van der Waals surface area contributed by atoms with Gasteiger partial charge in [-0.1, -0.05) is 46.3 Å². The highest BCUT2D eigenvalue weighted by atomic mass is 16.5. The van der Waals surface area contributed by atoms with Crippen molar-refractivity contribution in [2.75, 3.05) is 0 Å². The Morgan fingerprint density at radius 2 is 1.59 bits per heavy atom. The summed E-state index contributed by atoms with van der Waals surface area (Å²) in [4.78, 5) is 27.4. The minimum Gasteiger partial charge on any atom is -0.490 e. The van der Waals surface area contributed by atoms with Crippen LogP contribution in [0.3, 0.4) is 0 Å². The van der Waals surface area contributed by atoms with Crippen LogP contribution in [0.4, 0.5) is 0 Å². The van der Waals surface area contributed by atoms with Crippen molar-refractivity contribution in [1.82, 2.24) is 0 Å². The van der Waals surface area contributed by atoms with E-state index in [2.05, 4.69) is 41.2 Å². The van der Waals surface area contributed by atoms with Gasteiger partial charge in [0.05, 0.1) is 10.8 Å². The van der Waals surface area contributed by atoms with Gasteiger partial charge in [0.2, 0.25) is 0 Å². The van der Waals surface area contributed by atoms with Gasteiger partial charge < -0.3 is 4.74 Å². The molecule has 4 rings (SSSR count). The minimum atomic E-state index is -1.01. The number of carbonyl (C=O) groups is 2. The molecule has 2 saturated carbocycles. The van der Waals surface area contributed by atoms with Crippen LogP contribution in [-0.4, -0.2) is 17.2 Å². The molecule has 0 spiro atoms. The molecule has 0 aromatic carbocycles. The molecule has 4 aliphatic rings. The molecule has 1 heterocycles. The van der Waals surface area contributed by atoms with E-state index in [0.29, 0.717) is 17.6 Å². The quantitative estimate of drug-likeness (QED) is 0.346. The van der Waals surface area contributed by atoms with Crippen LogP contribution in [0.2, 0.25) is 0 Å². The normalized spacial score (nSPS) is 40.2. The van der Waals surface area contributed by atoms with E-state index < -0.39 is 10.8 Å². The van der Waals surface area contributed by atoms with Gasteiger partial charge in [-0.3, -0.25) is 9.59 Å². The lowest BCUT2D eigenvalue weighted by atomic mass is 9.49. The summed E-state index contributed by atoms with van der Waals surface area (Å²) in [6.07, 6.45) is 5.61. The van der Waals surface area contributed by atoms with Crippen molar-refractivity contribution in [2.24, 2.45) is 45.8 Å². The molecule has 2 fully saturated rings. The molecule has 0 unspecified atom stereocenters. The van der Waals surface area contributed by atoms with Gasteiger partial charge in [0, 0.05) is 17.4 Å². The van der Waals surface area contributed by atoms with Crippen LogP contribution in [0.1, 0.15) is 94.4 Å². The molecule has 0 N–H and O–H groups in total. The molecule has 0 saturated heterocycles. The number of rotatable bonds is 2. The Morgan fingerprint density at radius 1 is 0.969 bits per heavy atom. The minimum absolute atomic E-state index is 0.0156. The summed E-state index contributed by atoms with van der Waals surface area (Å²) >= 11 is 0. The summed E-state index contributed by atoms with van der Waals surface area (Å²) in [7, 11) is 0. The Hall–Kier alpha value is -1.38. The number of ether oxygens (including phenoxy) is 1. The van der Waals surface area contributed by atoms with E-state index >= 15 is 0 Å². The largest absolute Gasteiger partial charge is 0.490 e. The van der Waals surface area contributed by atoms with Gasteiger partial charge in [-0.25, -0.2) is 0 Å². The SMILES string of the molecule is C=C1CC[C@]2(C)OC3=C(C(=O)C(C)(C)C(=O)C3(C)C)[C@@H](C(C)C)[C@@H]2[C@H]1[C@H]1CCCC1(C)C. The van der Waals surface area contributed by atoms with E-state index in [1.165, 1.54) is 24.8 Å². The second kappa shape index (κ2) is 7.06. The van der Waals surface area contributed by atoms with E-state index in [-0.39, 0.29) is 40.3 Å². The van der Waals surface area contributed by atoms with Gasteiger partial charge in [-0.05, 0) is 83.5 Å². The predicted molar refractivity (Wildman–Crippen MR) is 129 cm³/mol. The molecule has 0 aromatic heterocycles. The van der Waals surface area contributed by atoms with E-state index in [4.69, 9.17) is 4.74 Å². The average Bonchev–Trinajstić information content (AvgIpc) is 3.03. The first-order valence-electron chi connectivity index (χ1n) is 12.8. The van der Waals surface area contributed by atoms with Crippen molar-refractivity contribution in [2.45, 2.75) is 100 Å². The molecule has 3 aliphatic carbocycles. The van der Waals surface area contributed by atoms with Crippen molar-refractivity contribution >= 4 is 11.6 Å². The number of Topliss-reactive ketones (excluding diaryl/α,β-unsaturated/α-hetero) is 2. The zero-order valence-electron chi connectivity index (χ0n) is 21.9. The van der Waals surface area contributed by atoms with Crippen molar-refractivity contribution in [3.63, 3.8) is 0 Å². The average molecular weight is 441 g/mol. The summed E-state index contributed by atoms with van der Waals surface area (Å²) < 4.78 is 6.91. The Morgan fingerprint density at radius 3 is 2.12 bits per heavy atom. The number of allylic oxidation sites excluding steroid dienone is 3.